The second-order valence-electron chi connectivity index (χ2n) is 6.22. The van der Waals surface area contributed by atoms with Crippen molar-refractivity contribution in [2.45, 2.75) is 52.3 Å². The topological polar surface area (TPSA) is 54.5 Å². The quantitative estimate of drug-likeness (QED) is 0.931. The first-order valence-electron chi connectivity index (χ1n) is 6.95. The third kappa shape index (κ3) is 4.76. The predicted molar refractivity (Wildman–Crippen MR) is 79.9 cm³/mol. The Morgan fingerprint density at radius 1 is 1.60 bits per heavy atom. The molecule has 2 heterocycles. The molecule has 1 aromatic rings. The fourth-order valence-corrected chi connectivity index (χ4v) is 2.88. The Bertz CT molecular complexity index is 467. The predicted octanol–water partition coefficient (Wildman–Crippen LogP) is 2.55. The SMILES string of the molecule is Cc1nc(CN2CCC(NC(=O)OC(C)(C)C)C2)cs1. The number of hydrogen-bond donors (Lipinski definition) is 1. The van der Waals surface area contributed by atoms with Crippen LogP contribution in [0.5, 0.6) is 0 Å². The number of nitrogens with zero attached hydrogens (tertiary/aromatic N) is 2. The molecule has 2 rings (SSSR count). The minimum Gasteiger partial charge on any atom is -0.444 e. The van der Waals surface area contributed by atoms with E-state index in [1.807, 2.05) is 27.7 Å². The molecule has 1 aliphatic heterocycles. The molecule has 1 saturated heterocycles. The lowest BCUT2D eigenvalue weighted by molar-refractivity contribution is 0.0506. The summed E-state index contributed by atoms with van der Waals surface area (Å²) in [5.74, 6) is 0. The molecular weight excluding hydrogens is 274 g/mol. The summed E-state index contributed by atoms with van der Waals surface area (Å²) in [6.45, 7) is 10.3. The maximum Gasteiger partial charge on any atom is 0.407 e. The molecule has 0 bridgehead atoms. The van der Waals surface area contributed by atoms with Crippen LogP contribution in [-0.2, 0) is 11.3 Å². The van der Waals surface area contributed by atoms with E-state index in [1.165, 1.54) is 0 Å². The van der Waals surface area contributed by atoms with Crippen LogP contribution >= 0.6 is 11.3 Å². The van der Waals surface area contributed by atoms with E-state index in [0.717, 1.165) is 36.8 Å². The average molecular weight is 297 g/mol. The zero-order chi connectivity index (χ0) is 14.8. The minimum absolute atomic E-state index is 0.171. The number of likely N-dealkylation sites (tertiary alicyclic amines) is 1. The molecule has 1 aromatic heterocycles. The molecule has 1 fully saturated rings. The van der Waals surface area contributed by atoms with Crippen LogP contribution < -0.4 is 5.32 Å². The van der Waals surface area contributed by atoms with Gasteiger partial charge in [0, 0.05) is 31.1 Å². The van der Waals surface area contributed by atoms with Crippen LogP contribution in [0.3, 0.4) is 0 Å². The van der Waals surface area contributed by atoms with Gasteiger partial charge in [-0.2, -0.15) is 0 Å². The average Bonchev–Trinajstić information content (AvgIpc) is 2.86. The minimum atomic E-state index is -0.444. The zero-order valence-electron chi connectivity index (χ0n) is 12.6. The summed E-state index contributed by atoms with van der Waals surface area (Å²) in [7, 11) is 0. The van der Waals surface area contributed by atoms with E-state index in [2.05, 4.69) is 20.6 Å². The summed E-state index contributed by atoms with van der Waals surface area (Å²) in [4.78, 5) is 18.5. The fourth-order valence-electron chi connectivity index (χ4n) is 2.28. The first-order valence-corrected chi connectivity index (χ1v) is 7.83. The van der Waals surface area contributed by atoms with Gasteiger partial charge in [0.2, 0.25) is 0 Å². The molecule has 1 aliphatic rings. The van der Waals surface area contributed by atoms with Crippen LogP contribution in [0.25, 0.3) is 0 Å². The number of carbonyl (C=O) groups excluding carboxylic acids is 1. The monoisotopic (exact) mass is 297 g/mol. The molecule has 0 radical (unpaired) electrons. The molecule has 0 saturated carbocycles. The van der Waals surface area contributed by atoms with Crippen LogP contribution in [0.1, 0.15) is 37.9 Å². The van der Waals surface area contributed by atoms with E-state index in [9.17, 15) is 4.79 Å². The van der Waals surface area contributed by atoms with Gasteiger partial charge in [-0.05, 0) is 34.1 Å². The number of amides is 1. The molecule has 6 heteroatoms. The number of nitrogens with one attached hydrogen (secondary N) is 1. The highest BCUT2D eigenvalue weighted by Crippen LogP contribution is 2.16. The fraction of sp³-hybridized carbons (Fsp3) is 0.714. The Kier molecular flexibility index (Phi) is 4.65. The van der Waals surface area contributed by atoms with E-state index >= 15 is 0 Å². The lowest BCUT2D eigenvalue weighted by atomic mass is 10.2. The smallest absolute Gasteiger partial charge is 0.407 e. The second kappa shape index (κ2) is 6.10. The molecule has 1 atom stereocenters. The largest absolute Gasteiger partial charge is 0.444 e. The summed E-state index contributed by atoms with van der Waals surface area (Å²) < 4.78 is 5.28. The Balaban J connectivity index is 1.76. The van der Waals surface area contributed by atoms with Crippen LogP contribution in [0.4, 0.5) is 4.79 Å². The van der Waals surface area contributed by atoms with E-state index < -0.39 is 5.60 Å². The number of aromatic nitrogens is 1. The van der Waals surface area contributed by atoms with E-state index in [4.69, 9.17) is 4.74 Å². The number of carbonyl (C=O) groups is 1. The Labute approximate surface area is 124 Å². The van der Waals surface area contributed by atoms with Crippen molar-refractivity contribution < 1.29 is 9.53 Å². The first-order chi connectivity index (χ1) is 9.32. The third-order valence-electron chi connectivity index (χ3n) is 3.05. The maximum absolute atomic E-state index is 11.7. The van der Waals surface area contributed by atoms with E-state index in [0.29, 0.717) is 0 Å². The van der Waals surface area contributed by atoms with Gasteiger partial charge in [-0.1, -0.05) is 0 Å². The van der Waals surface area contributed by atoms with Crippen LogP contribution in [0.15, 0.2) is 5.38 Å². The van der Waals surface area contributed by atoms with Crippen molar-refractivity contribution in [2.75, 3.05) is 13.1 Å². The maximum atomic E-state index is 11.7. The van der Waals surface area contributed by atoms with Crippen molar-refractivity contribution in [1.82, 2.24) is 15.2 Å². The molecule has 1 unspecified atom stereocenters. The van der Waals surface area contributed by atoms with Gasteiger partial charge in [-0.3, -0.25) is 4.90 Å². The van der Waals surface area contributed by atoms with Crippen molar-refractivity contribution in [2.24, 2.45) is 0 Å². The Morgan fingerprint density at radius 3 is 2.95 bits per heavy atom. The van der Waals surface area contributed by atoms with Crippen molar-refractivity contribution in [1.29, 1.82) is 0 Å². The number of alkyl carbamates (subject to hydrolysis) is 1. The Hall–Kier alpha value is -1.14. The van der Waals surface area contributed by atoms with E-state index in [1.54, 1.807) is 11.3 Å². The van der Waals surface area contributed by atoms with E-state index in [-0.39, 0.29) is 12.1 Å². The van der Waals surface area contributed by atoms with Crippen LogP contribution in [0, 0.1) is 6.92 Å². The lowest BCUT2D eigenvalue weighted by Crippen LogP contribution is -2.40. The van der Waals surface area contributed by atoms with Crippen LogP contribution in [-0.4, -0.2) is 40.7 Å². The van der Waals surface area contributed by atoms with Gasteiger partial charge in [0.1, 0.15) is 5.60 Å². The van der Waals surface area contributed by atoms with Gasteiger partial charge in [0.25, 0.3) is 0 Å². The zero-order valence-corrected chi connectivity index (χ0v) is 13.4. The number of aryl methyl sites for hydroxylation is 1. The van der Waals surface area contributed by atoms with Gasteiger partial charge in [-0.25, -0.2) is 9.78 Å². The van der Waals surface area contributed by atoms with Crippen LogP contribution in [0.2, 0.25) is 0 Å². The molecule has 0 aromatic carbocycles. The molecule has 0 spiro atoms. The highest BCUT2D eigenvalue weighted by molar-refractivity contribution is 7.09. The molecular formula is C14H23N3O2S. The molecule has 112 valence electrons. The van der Waals surface area contributed by atoms with Crippen molar-refractivity contribution >= 4 is 17.4 Å². The number of hydrogen-bond acceptors (Lipinski definition) is 5. The summed E-state index contributed by atoms with van der Waals surface area (Å²) >= 11 is 1.68. The summed E-state index contributed by atoms with van der Waals surface area (Å²) in [6.07, 6.45) is 0.636. The van der Waals surface area contributed by atoms with Gasteiger partial charge < -0.3 is 10.1 Å². The first kappa shape index (κ1) is 15.3. The second-order valence-corrected chi connectivity index (χ2v) is 7.29. The molecule has 1 N–H and O–H groups in total. The lowest BCUT2D eigenvalue weighted by Gasteiger charge is -2.22. The van der Waals surface area contributed by atoms with Crippen molar-refractivity contribution in [3.63, 3.8) is 0 Å². The van der Waals surface area contributed by atoms with Gasteiger partial charge in [-0.15, -0.1) is 11.3 Å². The molecule has 5 nitrogen and oxygen atoms in total. The van der Waals surface area contributed by atoms with Gasteiger partial charge in [0.05, 0.1) is 10.7 Å². The van der Waals surface area contributed by atoms with Crippen molar-refractivity contribution in [3.05, 3.63) is 16.1 Å². The normalized spacial score (nSPS) is 20.1. The Morgan fingerprint density at radius 2 is 2.35 bits per heavy atom. The standard InChI is InChI=1S/C14H23N3O2S/c1-10-15-12(9-20-10)8-17-6-5-11(7-17)16-13(18)19-14(2,3)4/h9,11H,5-8H2,1-4H3,(H,16,18). The van der Waals surface area contributed by atoms with Crippen molar-refractivity contribution in [3.8, 4) is 0 Å². The number of rotatable bonds is 3. The molecule has 20 heavy (non-hydrogen) atoms. The molecule has 0 aliphatic carbocycles. The third-order valence-corrected chi connectivity index (χ3v) is 3.87. The summed E-state index contributed by atoms with van der Waals surface area (Å²) in [5, 5.41) is 6.14. The number of thiazole rings is 1. The molecule has 1 amide bonds. The van der Waals surface area contributed by atoms with Gasteiger partial charge >= 0.3 is 6.09 Å². The summed E-state index contributed by atoms with van der Waals surface area (Å²) in [6, 6.07) is 0.171. The highest BCUT2D eigenvalue weighted by Gasteiger charge is 2.26. The highest BCUT2D eigenvalue weighted by atomic mass is 32.1. The summed E-state index contributed by atoms with van der Waals surface area (Å²) in [5.41, 5.74) is 0.672. The van der Waals surface area contributed by atoms with Gasteiger partial charge in [0.15, 0.2) is 0 Å². The number of ether oxygens (including phenoxy) is 1.